The molecule has 1 atom stereocenters. The topological polar surface area (TPSA) is 48.1 Å². The molecule has 1 aromatic rings. The molecule has 3 nitrogen and oxygen atoms in total. The van der Waals surface area contributed by atoms with E-state index in [1.165, 1.54) is 4.88 Å². The summed E-state index contributed by atoms with van der Waals surface area (Å²) in [5.74, 6) is 0. The van der Waals surface area contributed by atoms with Gasteiger partial charge >= 0.3 is 0 Å². The van der Waals surface area contributed by atoms with Crippen LogP contribution in [-0.2, 0) is 11.2 Å². The first kappa shape index (κ1) is 12.6. The maximum atomic E-state index is 5.99. The minimum atomic E-state index is 0.168. The molecule has 0 aromatic carbocycles. The van der Waals surface area contributed by atoms with E-state index in [-0.39, 0.29) is 6.04 Å². The van der Waals surface area contributed by atoms with Crippen molar-refractivity contribution in [3.8, 4) is 0 Å². The average Bonchev–Trinajstić information content (AvgIpc) is 2.46. The maximum Gasteiger partial charge on any atom is 0.0946 e. The zero-order chi connectivity index (χ0) is 11.3. The zero-order valence-electron chi connectivity index (χ0n) is 9.75. The van der Waals surface area contributed by atoms with Crippen LogP contribution in [0.1, 0.15) is 28.9 Å². The summed E-state index contributed by atoms with van der Waals surface area (Å²) < 4.78 is 5.27. The number of aryl methyl sites for hydroxylation is 2. The standard InChI is InChI=1S/C11H20N2OS/c1-4-14-6-5-10(12)7-11-13-8(2)9(3)15-11/h10H,4-7,12H2,1-3H3. The van der Waals surface area contributed by atoms with Gasteiger partial charge in [-0.15, -0.1) is 11.3 Å². The van der Waals surface area contributed by atoms with Gasteiger partial charge in [-0.2, -0.15) is 0 Å². The van der Waals surface area contributed by atoms with Gasteiger partial charge in [-0.1, -0.05) is 0 Å². The maximum absolute atomic E-state index is 5.99. The van der Waals surface area contributed by atoms with Crippen molar-refractivity contribution in [2.24, 2.45) is 5.73 Å². The molecule has 0 saturated carbocycles. The molecule has 0 amide bonds. The van der Waals surface area contributed by atoms with Gasteiger partial charge in [0.2, 0.25) is 0 Å². The van der Waals surface area contributed by atoms with Crippen LogP contribution >= 0.6 is 11.3 Å². The summed E-state index contributed by atoms with van der Waals surface area (Å²) in [5.41, 5.74) is 7.12. The quantitative estimate of drug-likeness (QED) is 0.758. The zero-order valence-corrected chi connectivity index (χ0v) is 10.6. The Morgan fingerprint density at radius 3 is 2.73 bits per heavy atom. The second-order valence-corrected chi connectivity index (χ2v) is 4.99. The van der Waals surface area contributed by atoms with E-state index in [1.807, 2.05) is 13.8 Å². The molecule has 0 aliphatic carbocycles. The molecule has 0 radical (unpaired) electrons. The van der Waals surface area contributed by atoms with Crippen molar-refractivity contribution < 1.29 is 4.74 Å². The van der Waals surface area contributed by atoms with Crippen molar-refractivity contribution in [2.75, 3.05) is 13.2 Å². The van der Waals surface area contributed by atoms with Gasteiger partial charge in [0.15, 0.2) is 0 Å². The number of rotatable bonds is 6. The number of nitrogens with zero attached hydrogens (tertiary/aromatic N) is 1. The summed E-state index contributed by atoms with van der Waals surface area (Å²) in [6, 6.07) is 0.168. The summed E-state index contributed by atoms with van der Waals surface area (Å²) in [7, 11) is 0. The number of aromatic nitrogens is 1. The third-order valence-corrected chi connectivity index (χ3v) is 3.44. The van der Waals surface area contributed by atoms with Gasteiger partial charge in [0.05, 0.1) is 10.7 Å². The van der Waals surface area contributed by atoms with Crippen molar-refractivity contribution in [3.05, 3.63) is 15.6 Å². The third-order valence-electron chi connectivity index (χ3n) is 2.35. The van der Waals surface area contributed by atoms with Crippen LogP contribution in [0.4, 0.5) is 0 Å². The van der Waals surface area contributed by atoms with Crippen LogP contribution < -0.4 is 5.73 Å². The Bertz CT molecular complexity index is 279. The molecule has 0 fully saturated rings. The van der Waals surface area contributed by atoms with Gasteiger partial charge in [0, 0.05) is 30.6 Å². The molecule has 2 N–H and O–H groups in total. The fraction of sp³-hybridized carbons (Fsp3) is 0.727. The summed E-state index contributed by atoms with van der Waals surface area (Å²) in [4.78, 5) is 5.77. The summed E-state index contributed by atoms with van der Waals surface area (Å²) in [6.45, 7) is 7.66. The number of hydrogen-bond acceptors (Lipinski definition) is 4. The Morgan fingerprint density at radius 2 is 2.20 bits per heavy atom. The molecule has 0 bridgehead atoms. The predicted octanol–water partition coefficient (Wildman–Crippen LogP) is 2.06. The third kappa shape index (κ3) is 4.28. The van der Waals surface area contributed by atoms with E-state index in [2.05, 4.69) is 11.9 Å². The van der Waals surface area contributed by atoms with Crippen LogP contribution in [0.5, 0.6) is 0 Å². The highest BCUT2D eigenvalue weighted by atomic mass is 32.1. The molecule has 0 saturated heterocycles. The molecule has 0 aliphatic heterocycles. The Labute approximate surface area is 95.7 Å². The van der Waals surface area contributed by atoms with E-state index in [0.29, 0.717) is 0 Å². The molecule has 15 heavy (non-hydrogen) atoms. The van der Waals surface area contributed by atoms with E-state index >= 15 is 0 Å². The van der Waals surface area contributed by atoms with Crippen LogP contribution in [0.2, 0.25) is 0 Å². The Hall–Kier alpha value is -0.450. The molecule has 86 valence electrons. The van der Waals surface area contributed by atoms with E-state index in [0.717, 1.165) is 36.8 Å². The highest BCUT2D eigenvalue weighted by Crippen LogP contribution is 2.17. The second-order valence-electron chi connectivity index (χ2n) is 3.70. The van der Waals surface area contributed by atoms with Crippen LogP contribution in [-0.4, -0.2) is 24.2 Å². The average molecular weight is 228 g/mol. The van der Waals surface area contributed by atoms with Gasteiger partial charge < -0.3 is 10.5 Å². The van der Waals surface area contributed by atoms with Crippen molar-refractivity contribution in [1.29, 1.82) is 0 Å². The number of ether oxygens (including phenoxy) is 1. The fourth-order valence-corrected chi connectivity index (χ4v) is 2.36. The molecule has 1 heterocycles. The first-order valence-electron chi connectivity index (χ1n) is 5.39. The highest BCUT2D eigenvalue weighted by molar-refractivity contribution is 7.11. The molecule has 0 spiro atoms. The second kappa shape index (κ2) is 6.20. The molecular weight excluding hydrogens is 208 g/mol. The lowest BCUT2D eigenvalue weighted by molar-refractivity contribution is 0.140. The van der Waals surface area contributed by atoms with Crippen LogP contribution in [0.3, 0.4) is 0 Å². The van der Waals surface area contributed by atoms with Crippen LogP contribution in [0.15, 0.2) is 0 Å². The summed E-state index contributed by atoms with van der Waals surface area (Å²) in [5, 5.41) is 1.15. The molecule has 4 heteroatoms. The Balaban J connectivity index is 2.34. The smallest absolute Gasteiger partial charge is 0.0946 e. The number of thiazole rings is 1. The van der Waals surface area contributed by atoms with E-state index in [9.17, 15) is 0 Å². The lowest BCUT2D eigenvalue weighted by Crippen LogP contribution is -2.24. The van der Waals surface area contributed by atoms with Crippen molar-refractivity contribution in [1.82, 2.24) is 4.98 Å². The summed E-state index contributed by atoms with van der Waals surface area (Å²) >= 11 is 1.75. The van der Waals surface area contributed by atoms with Crippen molar-refractivity contribution in [3.63, 3.8) is 0 Å². The van der Waals surface area contributed by atoms with Gasteiger partial charge in [-0.3, -0.25) is 0 Å². The Morgan fingerprint density at radius 1 is 1.47 bits per heavy atom. The van der Waals surface area contributed by atoms with Crippen molar-refractivity contribution >= 4 is 11.3 Å². The first-order chi connectivity index (χ1) is 7.13. The first-order valence-corrected chi connectivity index (χ1v) is 6.21. The SMILES string of the molecule is CCOCCC(N)Cc1nc(C)c(C)s1. The molecule has 1 aromatic heterocycles. The monoisotopic (exact) mass is 228 g/mol. The number of hydrogen-bond donors (Lipinski definition) is 1. The van der Waals surface area contributed by atoms with Crippen LogP contribution in [0.25, 0.3) is 0 Å². The molecular formula is C11H20N2OS. The Kier molecular flexibility index (Phi) is 5.22. The lowest BCUT2D eigenvalue weighted by Gasteiger charge is -2.08. The summed E-state index contributed by atoms with van der Waals surface area (Å²) in [6.07, 6.45) is 1.78. The van der Waals surface area contributed by atoms with E-state index in [1.54, 1.807) is 11.3 Å². The van der Waals surface area contributed by atoms with Crippen molar-refractivity contribution in [2.45, 2.75) is 39.7 Å². The molecule has 0 aliphatic rings. The van der Waals surface area contributed by atoms with Gasteiger partial charge in [-0.25, -0.2) is 4.98 Å². The molecule has 1 rings (SSSR count). The predicted molar refractivity (Wildman–Crippen MR) is 64.4 cm³/mol. The normalized spacial score (nSPS) is 13.1. The minimum absolute atomic E-state index is 0.168. The van der Waals surface area contributed by atoms with Gasteiger partial charge in [0.25, 0.3) is 0 Å². The lowest BCUT2D eigenvalue weighted by atomic mass is 10.2. The van der Waals surface area contributed by atoms with Gasteiger partial charge in [-0.05, 0) is 27.2 Å². The highest BCUT2D eigenvalue weighted by Gasteiger charge is 2.08. The van der Waals surface area contributed by atoms with Gasteiger partial charge in [0.1, 0.15) is 0 Å². The number of nitrogens with two attached hydrogens (primary N) is 1. The minimum Gasteiger partial charge on any atom is -0.382 e. The van der Waals surface area contributed by atoms with E-state index < -0.39 is 0 Å². The largest absolute Gasteiger partial charge is 0.382 e. The molecule has 1 unspecified atom stereocenters. The fourth-order valence-electron chi connectivity index (χ4n) is 1.33. The van der Waals surface area contributed by atoms with Crippen LogP contribution in [0, 0.1) is 13.8 Å². The van der Waals surface area contributed by atoms with E-state index in [4.69, 9.17) is 10.5 Å².